The Kier molecular flexibility index (Phi) is 3.31. The monoisotopic (exact) mass is 349 g/mol. The molecule has 0 saturated carbocycles. The summed E-state index contributed by atoms with van der Waals surface area (Å²) in [4.78, 5) is 12.3. The topological polar surface area (TPSA) is 100 Å². The number of carbonyl (C=O) groups is 1. The number of anilines is 1. The second-order valence-electron chi connectivity index (χ2n) is 5.23. The van der Waals surface area contributed by atoms with E-state index in [2.05, 4.69) is 20.8 Å². The summed E-state index contributed by atoms with van der Waals surface area (Å²) in [5, 5.41) is 14.9. The summed E-state index contributed by atoms with van der Waals surface area (Å²) in [5.41, 5.74) is 1.55. The lowest BCUT2D eigenvalue weighted by atomic mass is 9.95. The molecule has 0 saturated heterocycles. The van der Waals surface area contributed by atoms with Crippen LogP contribution in [0.2, 0.25) is 5.02 Å². The number of hydrogen-bond acceptors (Lipinski definition) is 8. The lowest BCUT2D eigenvalue weighted by Crippen LogP contribution is -2.29. The van der Waals surface area contributed by atoms with Crippen LogP contribution >= 0.6 is 11.6 Å². The van der Waals surface area contributed by atoms with E-state index in [9.17, 15) is 4.79 Å². The number of rotatable bonds is 2. The Labute approximate surface area is 141 Å². The molecule has 0 aliphatic carbocycles. The summed E-state index contributed by atoms with van der Waals surface area (Å²) in [5.74, 6) is 0.998. The highest BCUT2D eigenvalue weighted by atomic mass is 35.5. The van der Waals surface area contributed by atoms with E-state index in [0.29, 0.717) is 39.3 Å². The van der Waals surface area contributed by atoms with Gasteiger partial charge in [-0.25, -0.2) is 4.79 Å². The number of benzene rings is 1. The third-order valence-electron chi connectivity index (χ3n) is 3.91. The minimum absolute atomic E-state index is 0.121. The molecule has 0 bridgehead atoms. The maximum Gasteiger partial charge on any atom is 0.338 e. The maximum absolute atomic E-state index is 12.3. The van der Waals surface area contributed by atoms with Gasteiger partial charge in [0.05, 0.1) is 17.7 Å². The number of carbonyl (C=O) groups excluding carboxylic acids is 1. The number of methoxy groups -OCH3 is 1. The van der Waals surface area contributed by atoms with Gasteiger partial charge in [-0.05, 0) is 23.4 Å². The van der Waals surface area contributed by atoms with Crippen LogP contribution in [0.15, 0.2) is 23.4 Å². The first-order valence-electron chi connectivity index (χ1n) is 7.03. The predicted octanol–water partition coefficient (Wildman–Crippen LogP) is 1.52. The van der Waals surface area contributed by atoms with E-state index in [-0.39, 0.29) is 6.79 Å². The summed E-state index contributed by atoms with van der Waals surface area (Å²) in [6.07, 6.45) is 0. The summed E-state index contributed by atoms with van der Waals surface area (Å²) in [7, 11) is 1.32. The molecule has 2 aromatic rings. The number of esters is 1. The van der Waals surface area contributed by atoms with Crippen molar-refractivity contribution in [2.45, 2.75) is 13.0 Å². The lowest BCUT2D eigenvalue weighted by Gasteiger charge is -2.27. The molecule has 2 aliphatic heterocycles. The molecule has 9 nitrogen and oxygen atoms in total. The third-order valence-corrected chi connectivity index (χ3v) is 4.23. The fourth-order valence-electron chi connectivity index (χ4n) is 2.82. The third kappa shape index (κ3) is 2.08. The molecule has 1 unspecified atom stereocenters. The van der Waals surface area contributed by atoms with Crippen molar-refractivity contribution in [3.8, 4) is 11.5 Å². The van der Waals surface area contributed by atoms with Gasteiger partial charge in [0.1, 0.15) is 6.04 Å². The second kappa shape index (κ2) is 5.38. The summed E-state index contributed by atoms with van der Waals surface area (Å²) in [6.45, 7) is 1.87. The number of allylic oxidation sites excluding steroid dienone is 1. The number of ether oxygens (including phenoxy) is 3. The number of nitrogens with zero attached hydrogens (tertiary/aromatic N) is 4. The van der Waals surface area contributed by atoms with Gasteiger partial charge in [0.2, 0.25) is 12.7 Å². The highest BCUT2D eigenvalue weighted by Crippen LogP contribution is 2.43. The fourth-order valence-corrected chi connectivity index (χ4v) is 3.07. The van der Waals surface area contributed by atoms with E-state index >= 15 is 0 Å². The first-order valence-corrected chi connectivity index (χ1v) is 7.41. The Morgan fingerprint density at radius 2 is 2.17 bits per heavy atom. The zero-order chi connectivity index (χ0) is 16.8. The number of tetrazole rings is 1. The van der Waals surface area contributed by atoms with Gasteiger partial charge < -0.3 is 19.5 Å². The first kappa shape index (κ1) is 14.8. The second-order valence-corrected chi connectivity index (χ2v) is 5.64. The van der Waals surface area contributed by atoms with Crippen molar-refractivity contribution in [1.82, 2.24) is 20.2 Å². The smallest absolute Gasteiger partial charge is 0.338 e. The number of fused-ring (bicyclic) bond motifs is 2. The number of nitrogens with one attached hydrogen (secondary N) is 1. The molecule has 0 amide bonds. The van der Waals surface area contributed by atoms with Gasteiger partial charge >= 0.3 is 5.97 Å². The highest BCUT2D eigenvalue weighted by Gasteiger charge is 2.36. The van der Waals surface area contributed by atoms with Crippen molar-refractivity contribution >= 4 is 23.5 Å². The van der Waals surface area contributed by atoms with Gasteiger partial charge in [0.25, 0.3) is 0 Å². The van der Waals surface area contributed by atoms with Crippen LogP contribution in [0.25, 0.3) is 0 Å². The van der Waals surface area contributed by atoms with Gasteiger partial charge in [0, 0.05) is 17.3 Å². The molecule has 124 valence electrons. The van der Waals surface area contributed by atoms with Crippen molar-refractivity contribution in [3.05, 3.63) is 34.0 Å². The molecule has 3 heterocycles. The molecule has 10 heteroatoms. The standard InChI is InChI=1S/C14H12ClN5O4/c1-6-11(13(21)22-2)12(20-14(16-6)17-18-19-20)7-3-9-10(4-8(7)15)24-5-23-9/h3-4,12H,5H2,1-2H3,(H,16,17,19). The lowest BCUT2D eigenvalue weighted by molar-refractivity contribution is -0.136. The molecule has 24 heavy (non-hydrogen) atoms. The molecule has 2 aliphatic rings. The molecule has 1 aromatic heterocycles. The van der Waals surface area contributed by atoms with Crippen molar-refractivity contribution in [3.63, 3.8) is 0 Å². The molecular weight excluding hydrogens is 338 g/mol. The molecule has 1 aromatic carbocycles. The van der Waals surface area contributed by atoms with Crippen LogP contribution in [0.5, 0.6) is 11.5 Å². The van der Waals surface area contributed by atoms with Gasteiger partial charge in [0.15, 0.2) is 11.5 Å². The Hall–Kier alpha value is -2.81. The Morgan fingerprint density at radius 3 is 2.92 bits per heavy atom. The maximum atomic E-state index is 12.3. The number of hydrogen-bond donors (Lipinski definition) is 1. The largest absolute Gasteiger partial charge is 0.466 e. The van der Waals surface area contributed by atoms with Crippen LogP contribution in [0, 0.1) is 0 Å². The highest BCUT2D eigenvalue weighted by molar-refractivity contribution is 6.31. The van der Waals surface area contributed by atoms with Crippen LogP contribution in [-0.4, -0.2) is 40.1 Å². The Morgan fingerprint density at radius 1 is 1.42 bits per heavy atom. The zero-order valence-electron chi connectivity index (χ0n) is 12.7. The normalized spacial score (nSPS) is 18.2. The van der Waals surface area contributed by atoms with E-state index in [1.54, 1.807) is 19.1 Å². The van der Waals surface area contributed by atoms with Crippen molar-refractivity contribution < 1.29 is 19.0 Å². The van der Waals surface area contributed by atoms with Gasteiger partial charge in [-0.2, -0.15) is 4.68 Å². The van der Waals surface area contributed by atoms with E-state index in [1.807, 2.05) is 0 Å². The van der Waals surface area contributed by atoms with Crippen molar-refractivity contribution in [2.75, 3.05) is 19.2 Å². The van der Waals surface area contributed by atoms with Crippen molar-refractivity contribution in [1.29, 1.82) is 0 Å². The van der Waals surface area contributed by atoms with E-state index in [1.165, 1.54) is 11.8 Å². The molecular formula is C14H12ClN5O4. The fraction of sp³-hybridized carbons (Fsp3) is 0.286. The van der Waals surface area contributed by atoms with Gasteiger partial charge in [-0.1, -0.05) is 16.7 Å². The molecule has 1 N–H and O–H groups in total. The van der Waals surface area contributed by atoms with Crippen LogP contribution in [0.4, 0.5) is 5.95 Å². The molecule has 0 fully saturated rings. The molecule has 1 atom stereocenters. The van der Waals surface area contributed by atoms with E-state index in [4.69, 9.17) is 25.8 Å². The van der Waals surface area contributed by atoms with Crippen LogP contribution < -0.4 is 14.8 Å². The average Bonchev–Trinajstić information content (AvgIpc) is 3.20. The first-order chi connectivity index (χ1) is 11.6. The van der Waals surface area contributed by atoms with Crippen LogP contribution in [-0.2, 0) is 9.53 Å². The minimum Gasteiger partial charge on any atom is -0.466 e. The molecule has 0 spiro atoms. The van der Waals surface area contributed by atoms with E-state index < -0.39 is 12.0 Å². The Bertz CT molecular complexity index is 878. The molecule has 0 radical (unpaired) electrons. The van der Waals surface area contributed by atoms with Gasteiger partial charge in [-0.3, -0.25) is 0 Å². The predicted molar refractivity (Wildman–Crippen MR) is 81.9 cm³/mol. The molecule has 4 rings (SSSR count). The number of halogens is 1. The zero-order valence-corrected chi connectivity index (χ0v) is 13.5. The summed E-state index contributed by atoms with van der Waals surface area (Å²) in [6, 6.07) is 2.73. The minimum atomic E-state index is -0.648. The Balaban J connectivity index is 1.93. The summed E-state index contributed by atoms with van der Waals surface area (Å²) >= 11 is 6.42. The van der Waals surface area contributed by atoms with Gasteiger partial charge in [-0.15, -0.1) is 0 Å². The average molecular weight is 350 g/mol. The summed E-state index contributed by atoms with van der Waals surface area (Å²) < 4.78 is 17.1. The van der Waals surface area contributed by atoms with Crippen LogP contribution in [0.1, 0.15) is 18.5 Å². The quantitative estimate of drug-likeness (QED) is 0.814. The SMILES string of the molecule is COC(=O)C1=C(C)Nc2nnnn2C1c1cc2c(cc1Cl)OCO2. The van der Waals surface area contributed by atoms with E-state index in [0.717, 1.165) is 0 Å². The van der Waals surface area contributed by atoms with Crippen molar-refractivity contribution in [2.24, 2.45) is 0 Å². The number of aromatic nitrogens is 4. The van der Waals surface area contributed by atoms with Crippen LogP contribution in [0.3, 0.4) is 0 Å².